The third-order valence-corrected chi connectivity index (χ3v) is 7.38. The van der Waals surface area contributed by atoms with Gasteiger partial charge in [0, 0.05) is 24.4 Å². The van der Waals surface area contributed by atoms with Crippen molar-refractivity contribution >= 4 is 17.7 Å². The Morgan fingerprint density at radius 3 is 2.74 bits per heavy atom. The number of fused-ring (bicyclic) bond motifs is 5. The quantitative estimate of drug-likeness (QED) is 0.797. The van der Waals surface area contributed by atoms with Crippen LogP contribution < -0.4 is 0 Å². The van der Waals surface area contributed by atoms with Crippen LogP contribution in [0.15, 0.2) is 5.16 Å². The molecule has 2 heterocycles. The summed E-state index contributed by atoms with van der Waals surface area (Å²) in [4.78, 5) is 18.9. The predicted molar refractivity (Wildman–Crippen MR) is 89.5 cm³/mol. The van der Waals surface area contributed by atoms with Gasteiger partial charge in [-0.25, -0.2) is 4.98 Å². The summed E-state index contributed by atoms with van der Waals surface area (Å²) in [5.41, 5.74) is 2.52. The second-order valence-electron chi connectivity index (χ2n) is 7.85. The van der Waals surface area contributed by atoms with Crippen molar-refractivity contribution in [3.05, 3.63) is 11.4 Å². The Hall–Kier alpha value is -1.17. The van der Waals surface area contributed by atoms with Crippen LogP contribution in [0.5, 0.6) is 0 Å². The summed E-state index contributed by atoms with van der Waals surface area (Å²) in [7, 11) is 0. The minimum atomic E-state index is 0.0945. The van der Waals surface area contributed by atoms with Crippen molar-refractivity contribution in [1.29, 1.82) is 0 Å². The molecule has 1 aromatic rings. The SMILES string of the molecule is CC1(C)[C@H]2CC[C@]1(C)c1nc(SCC(=O)N3CCCC3)nnc12. The minimum Gasteiger partial charge on any atom is -0.342 e. The normalized spacial score (nSPS) is 30.7. The molecule has 2 aliphatic carbocycles. The molecule has 2 fully saturated rings. The van der Waals surface area contributed by atoms with Crippen molar-refractivity contribution in [1.82, 2.24) is 20.1 Å². The second-order valence-corrected chi connectivity index (χ2v) is 8.79. The highest BCUT2D eigenvalue weighted by atomic mass is 32.2. The number of amides is 1. The molecule has 5 nitrogen and oxygen atoms in total. The minimum absolute atomic E-state index is 0.0945. The lowest BCUT2D eigenvalue weighted by atomic mass is 9.70. The summed E-state index contributed by atoms with van der Waals surface area (Å²) < 4.78 is 0. The fraction of sp³-hybridized carbons (Fsp3) is 0.765. The number of likely N-dealkylation sites (tertiary alicyclic amines) is 1. The second kappa shape index (κ2) is 5.16. The molecule has 1 saturated carbocycles. The standard InChI is InChI=1S/C17H24N4OS/c1-16(2)11-6-7-17(16,3)14-13(11)19-20-15(18-14)23-10-12(22)21-8-4-5-9-21/h11H,4-10H2,1-3H3/t11-,17+/m0/s1. The number of aromatic nitrogens is 3. The topological polar surface area (TPSA) is 59.0 Å². The highest BCUT2D eigenvalue weighted by molar-refractivity contribution is 7.99. The average Bonchev–Trinajstić information content (AvgIpc) is 3.17. The van der Waals surface area contributed by atoms with E-state index in [9.17, 15) is 4.79 Å². The molecule has 1 aromatic heterocycles. The molecule has 0 aromatic carbocycles. The van der Waals surface area contributed by atoms with Crippen LogP contribution in [-0.2, 0) is 10.2 Å². The fourth-order valence-electron chi connectivity index (χ4n) is 4.61. The fourth-order valence-corrected chi connectivity index (χ4v) is 5.30. The lowest BCUT2D eigenvalue weighted by molar-refractivity contribution is -0.127. The van der Waals surface area contributed by atoms with Crippen molar-refractivity contribution in [2.45, 2.75) is 62.9 Å². The molecule has 0 N–H and O–H groups in total. The van der Waals surface area contributed by atoms with Crippen molar-refractivity contribution in [2.75, 3.05) is 18.8 Å². The van der Waals surface area contributed by atoms with Gasteiger partial charge in [0.05, 0.1) is 17.1 Å². The van der Waals surface area contributed by atoms with Gasteiger partial charge in [0.1, 0.15) is 0 Å². The van der Waals surface area contributed by atoms with Gasteiger partial charge in [-0.15, -0.1) is 5.10 Å². The van der Waals surface area contributed by atoms with Gasteiger partial charge in [-0.05, 0) is 31.1 Å². The van der Waals surface area contributed by atoms with Gasteiger partial charge in [-0.3, -0.25) is 4.79 Å². The van der Waals surface area contributed by atoms with Crippen LogP contribution in [-0.4, -0.2) is 44.8 Å². The van der Waals surface area contributed by atoms with Crippen LogP contribution in [0.3, 0.4) is 0 Å². The molecule has 23 heavy (non-hydrogen) atoms. The Morgan fingerprint density at radius 1 is 1.26 bits per heavy atom. The molecule has 3 aliphatic rings. The number of rotatable bonds is 3. The molecule has 0 unspecified atom stereocenters. The lowest BCUT2D eigenvalue weighted by Crippen LogP contribution is -2.32. The van der Waals surface area contributed by atoms with E-state index in [2.05, 4.69) is 31.0 Å². The van der Waals surface area contributed by atoms with Gasteiger partial charge in [0.25, 0.3) is 0 Å². The van der Waals surface area contributed by atoms with E-state index in [1.165, 1.54) is 24.6 Å². The zero-order valence-electron chi connectivity index (χ0n) is 14.1. The van der Waals surface area contributed by atoms with Gasteiger partial charge < -0.3 is 4.90 Å². The van der Waals surface area contributed by atoms with E-state index < -0.39 is 0 Å². The van der Waals surface area contributed by atoms with Crippen LogP contribution >= 0.6 is 11.8 Å². The molecule has 1 aliphatic heterocycles. The Balaban J connectivity index is 1.52. The van der Waals surface area contributed by atoms with Gasteiger partial charge in [-0.1, -0.05) is 32.5 Å². The van der Waals surface area contributed by atoms with Gasteiger partial charge in [0.2, 0.25) is 11.1 Å². The van der Waals surface area contributed by atoms with Gasteiger partial charge >= 0.3 is 0 Å². The highest BCUT2D eigenvalue weighted by Crippen LogP contribution is 2.66. The van der Waals surface area contributed by atoms with E-state index in [1.807, 2.05) is 4.90 Å². The van der Waals surface area contributed by atoms with Crippen molar-refractivity contribution in [3.63, 3.8) is 0 Å². The first-order valence-electron chi connectivity index (χ1n) is 8.59. The van der Waals surface area contributed by atoms with E-state index in [0.717, 1.165) is 37.3 Å². The maximum Gasteiger partial charge on any atom is 0.233 e. The monoisotopic (exact) mass is 332 g/mol. The first-order valence-corrected chi connectivity index (χ1v) is 9.58. The Kier molecular flexibility index (Phi) is 3.45. The molecular formula is C17H24N4OS. The van der Waals surface area contributed by atoms with Crippen LogP contribution in [0.2, 0.25) is 0 Å². The molecule has 2 atom stereocenters. The Labute approximate surface area is 141 Å². The summed E-state index contributed by atoms with van der Waals surface area (Å²) in [6.07, 6.45) is 4.62. The van der Waals surface area contributed by atoms with Gasteiger partial charge in [-0.2, -0.15) is 5.10 Å². The molecule has 124 valence electrons. The average molecular weight is 332 g/mol. The van der Waals surface area contributed by atoms with E-state index in [4.69, 9.17) is 4.98 Å². The van der Waals surface area contributed by atoms with Gasteiger partial charge in [0.15, 0.2) is 0 Å². The lowest BCUT2D eigenvalue weighted by Gasteiger charge is -2.33. The van der Waals surface area contributed by atoms with Crippen molar-refractivity contribution in [3.8, 4) is 0 Å². The van der Waals surface area contributed by atoms with Crippen molar-refractivity contribution < 1.29 is 4.79 Å². The molecule has 6 heteroatoms. The van der Waals surface area contributed by atoms with Crippen molar-refractivity contribution in [2.24, 2.45) is 5.41 Å². The summed E-state index contributed by atoms with van der Waals surface area (Å²) in [6, 6.07) is 0. The molecule has 4 rings (SSSR count). The van der Waals surface area contributed by atoms with E-state index in [0.29, 0.717) is 16.8 Å². The van der Waals surface area contributed by atoms with Crippen LogP contribution in [0.1, 0.15) is 63.8 Å². The maximum atomic E-state index is 12.2. The summed E-state index contributed by atoms with van der Waals surface area (Å²) in [5.74, 6) is 1.10. The first-order chi connectivity index (χ1) is 10.9. The Morgan fingerprint density at radius 2 is 2.00 bits per heavy atom. The number of hydrogen-bond donors (Lipinski definition) is 0. The predicted octanol–water partition coefficient (Wildman–Crippen LogP) is 2.76. The number of carbonyl (C=O) groups is 1. The first kappa shape index (κ1) is 15.4. The molecular weight excluding hydrogens is 308 g/mol. The van der Waals surface area contributed by atoms with E-state index in [-0.39, 0.29) is 16.7 Å². The number of hydrogen-bond acceptors (Lipinski definition) is 5. The third kappa shape index (κ3) is 2.13. The van der Waals surface area contributed by atoms with E-state index in [1.54, 1.807) is 0 Å². The van der Waals surface area contributed by atoms with Crippen LogP contribution in [0.4, 0.5) is 0 Å². The zero-order chi connectivity index (χ0) is 16.2. The molecule has 0 spiro atoms. The summed E-state index contributed by atoms with van der Waals surface area (Å²) in [5, 5.41) is 9.45. The van der Waals surface area contributed by atoms with Crippen LogP contribution in [0, 0.1) is 5.41 Å². The smallest absolute Gasteiger partial charge is 0.233 e. The molecule has 0 radical (unpaired) electrons. The number of nitrogens with zero attached hydrogens (tertiary/aromatic N) is 4. The Bertz CT molecular complexity index is 656. The summed E-state index contributed by atoms with van der Waals surface area (Å²) >= 11 is 1.43. The molecule has 1 saturated heterocycles. The molecule has 1 amide bonds. The maximum absolute atomic E-state index is 12.2. The van der Waals surface area contributed by atoms with E-state index >= 15 is 0 Å². The zero-order valence-corrected chi connectivity index (χ0v) is 14.9. The highest BCUT2D eigenvalue weighted by Gasteiger charge is 2.61. The number of thioether (sulfide) groups is 1. The summed E-state index contributed by atoms with van der Waals surface area (Å²) in [6.45, 7) is 8.78. The largest absolute Gasteiger partial charge is 0.342 e. The molecule has 2 bridgehead atoms. The third-order valence-electron chi connectivity index (χ3n) is 6.56. The van der Waals surface area contributed by atoms with Crippen LogP contribution in [0.25, 0.3) is 0 Å². The number of carbonyl (C=O) groups excluding carboxylic acids is 1.